The SMILES string of the molecule is CCN(CC(=O)NC1CCS(=O)(=O)C1)C(=O)[C@@H]1CCCCN1.Cl. The van der Waals surface area contributed by atoms with E-state index in [0.717, 1.165) is 25.8 Å². The van der Waals surface area contributed by atoms with Gasteiger partial charge in [-0.1, -0.05) is 6.42 Å². The number of amides is 2. The maximum atomic E-state index is 12.4. The van der Waals surface area contributed by atoms with Crippen molar-refractivity contribution in [1.82, 2.24) is 15.5 Å². The Balaban J connectivity index is 0.00000264. The fourth-order valence-corrected chi connectivity index (χ4v) is 4.66. The highest BCUT2D eigenvalue weighted by Crippen LogP contribution is 2.12. The van der Waals surface area contributed by atoms with E-state index in [0.29, 0.717) is 13.0 Å². The Morgan fingerprint density at radius 2 is 2.00 bits per heavy atom. The van der Waals surface area contributed by atoms with E-state index in [2.05, 4.69) is 10.6 Å². The maximum absolute atomic E-state index is 12.4. The van der Waals surface area contributed by atoms with Crippen LogP contribution in [0.25, 0.3) is 0 Å². The molecule has 0 aromatic rings. The van der Waals surface area contributed by atoms with Crippen LogP contribution in [-0.2, 0) is 19.4 Å². The number of nitrogens with zero attached hydrogens (tertiary/aromatic N) is 1. The Hall–Kier alpha value is -0.860. The first-order valence-corrected chi connectivity index (χ1v) is 9.75. The van der Waals surface area contributed by atoms with Gasteiger partial charge in [0.1, 0.15) is 0 Å². The average molecular weight is 368 g/mol. The Kier molecular flexibility index (Phi) is 7.76. The van der Waals surface area contributed by atoms with Gasteiger partial charge in [0.15, 0.2) is 9.84 Å². The summed E-state index contributed by atoms with van der Waals surface area (Å²) in [6.45, 7) is 3.13. The third kappa shape index (κ3) is 5.93. The molecule has 2 saturated heterocycles. The fraction of sp³-hybridized carbons (Fsp3) is 0.857. The molecule has 2 aliphatic heterocycles. The molecule has 9 heteroatoms. The third-order valence-electron chi connectivity index (χ3n) is 4.23. The second-order valence-electron chi connectivity index (χ2n) is 6.02. The summed E-state index contributed by atoms with van der Waals surface area (Å²) < 4.78 is 22.8. The van der Waals surface area contributed by atoms with Crippen molar-refractivity contribution in [2.24, 2.45) is 0 Å². The normalized spacial score (nSPS) is 26.1. The van der Waals surface area contributed by atoms with Gasteiger partial charge in [0.25, 0.3) is 0 Å². The Morgan fingerprint density at radius 3 is 2.52 bits per heavy atom. The molecule has 0 bridgehead atoms. The molecule has 7 nitrogen and oxygen atoms in total. The molecule has 23 heavy (non-hydrogen) atoms. The minimum absolute atomic E-state index is 0. The van der Waals surface area contributed by atoms with Gasteiger partial charge in [-0.25, -0.2) is 8.42 Å². The van der Waals surface area contributed by atoms with Gasteiger partial charge >= 0.3 is 0 Å². The molecule has 134 valence electrons. The van der Waals surface area contributed by atoms with E-state index in [-0.39, 0.29) is 54.4 Å². The number of carbonyl (C=O) groups is 2. The van der Waals surface area contributed by atoms with Crippen molar-refractivity contribution in [2.75, 3.05) is 31.1 Å². The fourth-order valence-electron chi connectivity index (χ4n) is 2.98. The number of hydrogen-bond donors (Lipinski definition) is 2. The zero-order valence-corrected chi connectivity index (χ0v) is 15.0. The van der Waals surface area contributed by atoms with Crippen molar-refractivity contribution in [3.8, 4) is 0 Å². The molecule has 0 saturated carbocycles. The Bertz CT molecular complexity index is 520. The summed E-state index contributed by atoms with van der Waals surface area (Å²) in [5.41, 5.74) is 0. The predicted octanol–water partition coefficient (Wildman–Crippen LogP) is -0.298. The van der Waals surface area contributed by atoms with Gasteiger partial charge in [0.2, 0.25) is 11.8 Å². The van der Waals surface area contributed by atoms with Crippen LogP contribution in [0, 0.1) is 0 Å². The molecular weight excluding hydrogens is 342 g/mol. The first kappa shape index (κ1) is 20.2. The topological polar surface area (TPSA) is 95.6 Å². The summed E-state index contributed by atoms with van der Waals surface area (Å²) >= 11 is 0. The second-order valence-corrected chi connectivity index (χ2v) is 8.25. The molecule has 0 aliphatic carbocycles. The number of carbonyl (C=O) groups excluding carboxylic acids is 2. The van der Waals surface area contributed by atoms with Gasteiger partial charge in [0.05, 0.1) is 24.1 Å². The second kappa shape index (κ2) is 8.84. The van der Waals surface area contributed by atoms with Gasteiger partial charge in [0, 0.05) is 12.6 Å². The van der Waals surface area contributed by atoms with E-state index in [9.17, 15) is 18.0 Å². The molecule has 2 aliphatic rings. The minimum Gasteiger partial charge on any atom is -0.351 e. The van der Waals surface area contributed by atoms with Crippen LogP contribution in [0.1, 0.15) is 32.6 Å². The highest BCUT2D eigenvalue weighted by atomic mass is 35.5. The van der Waals surface area contributed by atoms with E-state index >= 15 is 0 Å². The molecule has 1 unspecified atom stereocenters. The van der Waals surface area contributed by atoms with Crippen LogP contribution in [0.4, 0.5) is 0 Å². The van der Waals surface area contributed by atoms with Crippen molar-refractivity contribution >= 4 is 34.1 Å². The first-order valence-electron chi connectivity index (χ1n) is 7.93. The van der Waals surface area contributed by atoms with Crippen molar-refractivity contribution in [3.05, 3.63) is 0 Å². The zero-order chi connectivity index (χ0) is 16.2. The van der Waals surface area contributed by atoms with Crippen LogP contribution in [-0.4, -0.2) is 68.4 Å². The van der Waals surface area contributed by atoms with E-state index in [1.165, 1.54) is 4.90 Å². The lowest BCUT2D eigenvalue weighted by Gasteiger charge is -2.29. The summed E-state index contributed by atoms with van der Waals surface area (Å²) in [4.78, 5) is 26.0. The molecule has 2 N–H and O–H groups in total. The summed E-state index contributed by atoms with van der Waals surface area (Å²) in [6, 6.07) is -0.521. The van der Waals surface area contributed by atoms with Gasteiger partial charge in [-0.2, -0.15) is 0 Å². The quantitative estimate of drug-likeness (QED) is 0.695. The Morgan fingerprint density at radius 1 is 1.26 bits per heavy atom. The molecule has 0 radical (unpaired) electrons. The van der Waals surface area contributed by atoms with Gasteiger partial charge < -0.3 is 15.5 Å². The largest absolute Gasteiger partial charge is 0.351 e. The van der Waals surface area contributed by atoms with Gasteiger partial charge in [-0.3, -0.25) is 9.59 Å². The van der Waals surface area contributed by atoms with E-state index in [1.54, 1.807) is 0 Å². The highest BCUT2D eigenvalue weighted by molar-refractivity contribution is 7.91. The molecule has 2 heterocycles. The van der Waals surface area contributed by atoms with Crippen LogP contribution in [0.2, 0.25) is 0 Å². The van der Waals surface area contributed by atoms with Crippen LogP contribution in [0.15, 0.2) is 0 Å². The first-order chi connectivity index (χ1) is 10.4. The van der Waals surface area contributed by atoms with Crippen molar-refractivity contribution in [2.45, 2.75) is 44.7 Å². The zero-order valence-electron chi connectivity index (χ0n) is 13.4. The number of rotatable bonds is 5. The molecule has 0 aromatic carbocycles. The lowest BCUT2D eigenvalue weighted by Crippen LogP contribution is -2.51. The number of piperidine rings is 1. The third-order valence-corrected chi connectivity index (χ3v) is 6.00. The molecule has 2 amide bonds. The monoisotopic (exact) mass is 367 g/mol. The Labute approximate surface area is 143 Å². The number of nitrogens with one attached hydrogen (secondary N) is 2. The van der Waals surface area contributed by atoms with Gasteiger partial charge in [-0.05, 0) is 32.7 Å². The highest BCUT2D eigenvalue weighted by Gasteiger charge is 2.30. The van der Waals surface area contributed by atoms with Gasteiger partial charge in [-0.15, -0.1) is 12.4 Å². The molecular formula is C14H26ClN3O4S. The summed E-state index contributed by atoms with van der Waals surface area (Å²) in [7, 11) is -3.01. The molecule has 2 rings (SSSR count). The van der Waals surface area contributed by atoms with Crippen molar-refractivity contribution in [1.29, 1.82) is 0 Å². The van der Waals surface area contributed by atoms with Crippen molar-refractivity contribution < 1.29 is 18.0 Å². The van der Waals surface area contributed by atoms with Crippen LogP contribution < -0.4 is 10.6 Å². The number of halogens is 1. The molecule has 0 aromatic heterocycles. The standard InChI is InChI=1S/C14H25N3O4S.ClH/c1-2-17(14(19)12-5-3-4-7-15-12)9-13(18)16-11-6-8-22(20,21)10-11;/h11-12,15H,2-10H2,1H3,(H,16,18);1H/t11?,12-;/m0./s1. The van der Waals surface area contributed by atoms with E-state index in [4.69, 9.17) is 0 Å². The van der Waals surface area contributed by atoms with E-state index in [1.807, 2.05) is 6.92 Å². The molecule has 0 spiro atoms. The number of hydrogen-bond acceptors (Lipinski definition) is 5. The predicted molar refractivity (Wildman–Crippen MR) is 90.3 cm³/mol. The van der Waals surface area contributed by atoms with Crippen LogP contribution in [0.5, 0.6) is 0 Å². The van der Waals surface area contributed by atoms with Crippen molar-refractivity contribution in [3.63, 3.8) is 0 Å². The average Bonchev–Trinajstić information content (AvgIpc) is 2.83. The minimum atomic E-state index is -3.01. The molecule has 2 atom stereocenters. The maximum Gasteiger partial charge on any atom is 0.240 e. The number of sulfone groups is 1. The van der Waals surface area contributed by atoms with Crippen LogP contribution in [0.3, 0.4) is 0 Å². The van der Waals surface area contributed by atoms with E-state index < -0.39 is 9.84 Å². The summed E-state index contributed by atoms with van der Waals surface area (Å²) in [6.07, 6.45) is 3.36. The lowest BCUT2D eigenvalue weighted by atomic mass is 10.0. The van der Waals surface area contributed by atoms with Crippen LogP contribution >= 0.6 is 12.4 Å². The number of likely N-dealkylation sites (N-methyl/N-ethyl adjacent to an activating group) is 1. The molecule has 2 fully saturated rings. The summed E-state index contributed by atoms with van der Waals surface area (Å²) in [5, 5.41) is 5.91. The smallest absolute Gasteiger partial charge is 0.240 e. The summed E-state index contributed by atoms with van der Waals surface area (Å²) in [5.74, 6) is -0.201. The lowest BCUT2D eigenvalue weighted by molar-refractivity contribution is -0.138.